The molecule has 0 spiro atoms. The van der Waals surface area contributed by atoms with E-state index < -0.39 is 0 Å². The standard InChI is InChI=1S/C20H30O3/c1-14(2)19(21-5)9-6-15(3)10-11-22-17-7-8-18-16(4)13-23-20(18)12-17/h7-8,10,12,14,16,19H,6,9,11,13H2,1-5H3. The van der Waals surface area contributed by atoms with Gasteiger partial charge in [0, 0.05) is 24.7 Å². The van der Waals surface area contributed by atoms with Crippen molar-refractivity contribution in [2.24, 2.45) is 5.92 Å². The third kappa shape index (κ3) is 5.00. The summed E-state index contributed by atoms with van der Waals surface area (Å²) in [5, 5.41) is 0. The van der Waals surface area contributed by atoms with Gasteiger partial charge in [-0.25, -0.2) is 0 Å². The van der Waals surface area contributed by atoms with E-state index in [2.05, 4.69) is 39.8 Å². The zero-order valence-corrected chi connectivity index (χ0v) is 15.1. The first-order chi connectivity index (χ1) is 11.0. The fourth-order valence-corrected chi connectivity index (χ4v) is 2.92. The van der Waals surface area contributed by atoms with Crippen LogP contribution in [0.3, 0.4) is 0 Å². The van der Waals surface area contributed by atoms with Gasteiger partial charge in [0.1, 0.15) is 18.1 Å². The van der Waals surface area contributed by atoms with Gasteiger partial charge < -0.3 is 14.2 Å². The van der Waals surface area contributed by atoms with Crippen molar-refractivity contribution in [3.63, 3.8) is 0 Å². The van der Waals surface area contributed by atoms with Crippen LogP contribution in [0.1, 0.15) is 52.0 Å². The van der Waals surface area contributed by atoms with E-state index in [-0.39, 0.29) is 0 Å². The molecule has 0 aromatic heterocycles. The highest BCUT2D eigenvalue weighted by Crippen LogP contribution is 2.36. The SMILES string of the molecule is COC(CCC(C)=CCOc1ccc2c(c1)OCC2C)C(C)C. The minimum absolute atomic E-state index is 0.329. The highest BCUT2D eigenvalue weighted by molar-refractivity contribution is 5.45. The van der Waals surface area contributed by atoms with Crippen molar-refractivity contribution in [2.45, 2.75) is 52.6 Å². The lowest BCUT2D eigenvalue weighted by atomic mass is 10.00. The summed E-state index contributed by atoms with van der Waals surface area (Å²) >= 11 is 0. The minimum Gasteiger partial charge on any atom is -0.493 e. The largest absolute Gasteiger partial charge is 0.493 e. The van der Waals surface area contributed by atoms with Gasteiger partial charge in [-0.15, -0.1) is 0 Å². The lowest BCUT2D eigenvalue weighted by Gasteiger charge is -2.19. The van der Waals surface area contributed by atoms with Crippen molar-refractivity contribution >= 4 is 0 Å². The van der Waals surface area contributed by atoms with Crippen LogP contribution in [0.2, 0.25) is 0 Å². The predicted molar refractivity (Wildman–Crippen MR) is 94.5 cm³/mol. The molecule has 3 nitrogen and oxygen atoms in total. The maximum atomic E-state index is 5.83. The molecule has 1 heterocycles. The monoisotopic (exact) mass is 318 g/mol. The molecule has 2 atom stereocenters. The van der Waals surface area contributed by atoms with E-state index in [1.807, 2.05) is 12.1 Å². The molecule has 1 aromatic carbocycles. The molecule has 1 aliphatic heterocycles. The Morgan fingerprint density at radius 3 is 2.87 bits per heavy atom. The summed E-state index contributed by atoms with van der Waals surface area (Å²) in [5.74, 6) is 2.88. The third-order valence-electron chi connectivity index (χ3n) is 4.56. The van der Waals surface area contributed by atoms with Crippen molar-refractivity contribution in [3.8, 4) is 11.5 Å². The molecule has 0 radical (unpaired) electrons. The Labute approximate surface area is 140 Å². The van der Waals surface area contributed by atoms with Gasteiger partial charge in [-0.05, 0) is 37.8 Å². The minimum atomic E-state index is 0.329. The number of rotatable bonds is 8. The lowest BCUT2D eigenvalue weighted by Crippen LogP contribution is -2.17. The molecule has 128 valence electrons. The van der Waals surface area contributed by atoms with Crippen molar-refractivity contribution in [1.82, 2.24) is 0 Å². The highest BCUT2D eigenvalue weighted by Gasteiger charge is 2.20. The molecule has 0 aliphatic carbocycles. The van der Waals surface area contributed by atoms with E-state index in [4.69, 9.17) is 14.2 Å². The Bertz CT molecular complexity index is 534. The molecule has 2 unspecified atom stereocenters. The molecule has 0 amide bonds. The van der Waals surface area contributed by atoms with Crippen LogP contribution in [0.5, 0.6) is 11.5 Å². The van der Waals surface area contributed by atoms with Crippen LogP contribution < -0.4 is 9.47 Å². The lowest BCUT2D eigenvalue weighted by molar-refractivity contribution is 0.0584. The molecule has 2 rings (SSSR count). The van der Waals surface area contributed by atoms with Crippen LogP contribution in [0.4, 0.5) is 0 Å². The zero-order valence-electron chi connectivity index (χ0n) is 15.1. The van der Waals surface area contributed by atoms with Crippen LogP contribution in [0.25, 0.3) is 0 Å². The van der Waals surface area contributed by atoms with Crippen LogP contribution in [-0.2, 0) is 4.74 Å². The smallest absolute Gasteiger partial charge is 0.126 e. The molecule has 1 aromatic rings. The molecular formula is C20H30O3. The van der Waals surface area contributed by atoms with Crippen molar-refractivity contribution in [3.05, 3.63) is 35.4 Å². The number of methoxy groups -OCH3 is 1. The molecule has 0 N–H and O–H groups in total. The molecule has 1 aliphatic rings. The maximum absolute atomic E-state index is 5.83. The number of hydrogen-bond donors (Lipinski definition) is 0. The molecule has 0 saturated carbocycles. The Morgan fingerprint density at radius 1 is 1.39 bits per heavy atom. The summed E-state index contributed by atoms with van der Waals surface area (Å²) in [6.07, 6.45) is 4.59. The van der Waals surface area contributed by atoms with E-state index in [0.717, 1.165) is 30.9 Å². The predicted octanol–water partition coefficient (Wildman–Crippen LogP) is 4.96. The van der Waals surface area contributed by atoms with Crippen molar-refractivity contribution < 1.29 is 14.2 Å². The molecule has 0 saturated heterocycles. The van der Waals surface area contributed by atoms with E-state index in [9.17, 15) is 0 Å². The van der Waals surface area contributed by atoms with E-state index in [1.54, 1.807) is 7.11 Å². The van der Waals surface area contributed by atoms with Gasteiger partial charge in [-0.3, -0.25) is 0 Å². The van der Waals surface area contributed by atoms with Gasteiger partial charge in [-0.1, -0.05) is 32.4 Å². The molecule has 0 bridgehead atoms. The van der Waals surface area contributed by atoms with Crippen LogP contribution >= 0.6 is 0 Å². The molecule has 0 fully saturated rings. The van der Waals surface area contributed by atoms with Crippen LogP contribution in [0, 0.1) is 5.92 Å². The van der Waals surface area contributed by atoms with Gasteiger partial charge in [0.15, 0.2) is 0 Å². The first kappa shape index (κ1) is 17.9. The average molecular weight is 318 g/mol. The Kier molecular flexibility index (Phi) is 6.52. The van der Waals surface area contributed by atoms with Gasteiger partial charge >= 0.3 is 0 Å². The second-order valence-corrected chi connectivity index (χ2v) is 6.83. The first-order valence-electron chi connectivity index (χ1n) is 8.59. The Morgan fingerprint density at radius 2 is 2.17 bits per heavy atom. The van der Waals surface area contributed by atoms with Crippen LogP contribution in [-0.4, -0.2) is 26.4 Å². The molecule has 3 heteroatoms. The van der Waals surface area contributed by atoms with Gasteiger partial charge in [-0.2, -0.15) is 0 Å². The van der Waals surface area contributed by atoms with E-state index in [0.29, 0.717) is 24.5 Å². The summed E-state index contributed by atoms with van der Waals surface area (Å²) in [5.41, 5.74) is 2.63. The van der Waals surface area contributed by atoms with Gasteiger partial charge in [0.2, 0.25) is 0 Å². The molecule has 23 heavy (non-hydrogen) atoms. The fraction of sp³-hybridized carbons (Fsp3) is 0.600. The number of benzene rings is 1. The average Bonchev–Trinajstić information content (AvgIpc) is 2.88. The number of allylic oxidation sites excluding steroid dienone is 1. The normalized spacial score (nSPS) is 18.7. The van der Waals surface area contributed by atoms with Crippen molar-refractivity contribution in [1.29, 1.82) is 0 Å². The zero-order chi connectivity index (χ0) is 16.8. The summed E-state index contributed by atoms with van der Waals surface area (Å²) in [4.78, 5) is 0. The summed E-state index contributed by atoms with van der Waals surface area (Å²) in [7, 11) is 1.80. The quantitative estimate of drug-likeness (QED) is 0.634. The maximum Gasteiger partial charge on any atom is 0.126 e. The van der Waals surface area contributed by atoms with E-state index >= 15 is 0 Å². The number of hydrogen-bond acceptors (Lipinski definition) is 3. The topological polar surface area (TPSA) is 27.7 Å². The summed E-state index contributed by atoms with van der Waals surface area (Å²) < 4.78 is 17.0. The number of ether oxygens (including phenoxy) is 3. The summed E-state index contributed by atoms with van der Waals surface area (Å²) in [6, 6.07) is 6.15. The third-order valence-corrected chi connectivity index (χ3v) is 4.56. The van der Waals surface area contributed by atoms with Gasteiger partial charge in [0.05, 0.1) is 12.7 Å². The summed E-state index contributed by atoms with van der Waals surface area (Å²) in [6.45, 7) is 10.1. The molecular weight excluding hydrogens is 288 g/mol. The number of fused-ring (bicyclic) bond motifs is 1. The Balaban J connectivity index is 1.79. The van der Waals surface area contributed by atoms with Gasteiger partial charge in [0.25, 0.3) is 0 Å². The second-order valence-electron chi connectivity index (χ2n) is 6.83. The fourth-order valence-electron chi connectivity index (χ4n) is 2.92. The highest BCUT2D eigenvalue weighted by atomic mass is 16.5. The first-order valence-corrected chi connectivity index (χ1v) is 8.59. The second kappa shape index (κ2) is 8.39. The van der Waals surface area contributed by atoms with Crippen molar-refractivity contribution in [2.75, 3.05) is 20.3 Å². The Hall–Kier alpha value is -1.48. The van der Waals surface area contributed by atoms with E-state index in [1.165, 1.54) is 11.1 Å². The van der Waals surface area contributed by atoms with Crippen LogP contribution in [0.15, 0.2) is 29.8 Å².